The van der Waals surface area contributed by atoms with Gasteiger partial charge >= 0.3 is 5.97 Å². The van der Waals surface area contributed by atoms with Gasteiger partial charge in [0.15, 0.2) is 0 Å². The molecule has 0 spiro atoms. The zero-order valence-corrected chi connectivity index (χ0v) is 8.98. The number of aromatic carboxylic acids is 1. The predicted molar refractivity (Wildman–Crippen MR) is 57.4 cm³/mol. The van der Waals surface area contributed by atoms with Crippen molar-refractivity contribution in [2.45, 2.75) is 12.3 Å². The second-order valence-corrected chi connectivity index (χ2v) is 3.51. The fourth-order valence-electron chi connectivity index (χ4n) is 1.23. The number of halogens is 2. The molecule has 0 radical (unpaired) electrons. The Balaban J connectivity index is 3.04. The molecule has 2 nitrogen and oxygen atoms in total. The Labute approximate surface area is 92.5 Å². The van der Waals surface area contributed by atoms with E-state index in [1.807, 2.05) is 0 Å². The van der Waals surface area contributed by atoms with Crippen molar-refractivity contribution in [3.05, 3.63) is 34.9 Å². The van der Waals surface area contributed by atoms with E-state index in [-0.39, 0.29) is 5.56 Å². The summed E-state index contributed by atoms with van der Waals surface area (Å²) in [6.45, 7) is 0. The van der Waals surface area contributed by atoms with Crippen molar-refractivity contribution in [3.63, 3.8) is 0 Å². The average Bonchev–Trinajstić information content (AvgIpc) is 2.18. The van der Waals surface area contributed by atoms with Gasteiger partial charge in [-0.05, 0) is 29.7 Å². The number of carboxylic acid groups (broad SMARTS) is 1. The fraction of sp³-hybridized carbons (Fsp3) is 0.300. The van der Waals surface area contributed by atoms with Crippen LogP contribution >= 0.6 is 23.2 Å². The average molecular weight is 233 g/mol. The summed E-state index contributed by atoms with van der Waals surface area (Å²) in [6, 6.07) is 4.93. The summed E-state index contributed by atoms with van der Waals surface area (Å²) in [6.07, 6.45) is 0.712. The first-order valence-corrected chi connectivity index (χ1v) is 5.23. The molecule has 0 bridgehead atoms. The molecular formula is C10H10Cl2O2. The van der Waals surface area contributed by atoms with Gasteiger partial charge in [-0.3, -0.25) is 0 Å². The summed E-state index contributed by atoms with van der Waals surface area (Å²) < 4.78 is 0. The molecule has 4 heteroatoms. The molecule has 1 aromatic rings. The molecule has 0 aliphatic carbocycles. The quantitative estimate of drug-likeness (QED) is 0.812. The van der Waals surface area contributed by atoms with Gasteiger partial charge in [-0.1, -0.05) is 6.07 Å². The second-order valence-electron chi connectivity index (χ2n) is 2.86. The van der Waals surface area contributed by atoms with Crippen molar-refractivity contribution in [3.8, 4) is 0 Å². The van der Waals surface area contributed by atoms with Crippen LogP contribution in [-0.4, -0.2) is 17.0 Å². The number of alkyl halides is 2. The first-order valence-electron chi connectivity index (χ1n) is 4.16. The number of rotatable bonds is 4. The maximum Gasteiger partial charge on any atom is 0.335 e. The van der Waals surface area contributed by atoms with E-state index >= 15 is 0 Å². The van der Waals surface area contributed by atoms with E-state index in [0.717, 1.165) is 11.1 Å². The van der Waals surface area contributed by atoms with E-state index in [2.05, 4.69) is 0 Å². The molecule has 0 aliphatic rings. The Morgan fingerprint density at radius 3 is 2.50 bits per heavy atom. The lowest BCUT2D eigenvalue weighted by atomic mass is 10.0. The number of benzene rings is 1. The summed E-state index contributed by atoms with van der Waals surface area (Å²) >= 11 is 11.3. The first kappa shape index (κ1) is 11.3. The molecule has 1 rings (SSSR count). The number of carbonyl (C=O) groups is 1. The van der Waals surface area contributed by atoms with E-state index < -0.39 is 5.97 Å². The molecular weight excluding hydrogens is 223 g/mol. The van der Waals surface area contributed by atoms with E-state index in [1.54, 1.807) is 18.2 Å². The summed E-state index contributed by atoms with van der Waals surface area (Å²) in [5, 5.41) is 8.76. The summed E-state index contributed by atoms with van der Waals surface area (Å²) in [4.78, 5) is 10.7. The zero-order chi connectivity index (χ0) is 10.6. The van der Waals surface area contributed by atoms with Crippen molar-refractivity contribution >= 4 is 29.2 Å². The number of hydrogen-bond donors (Lipinski definition) is 1. The lowest BCUT2D eigenvalue weighted by molar-refractivity contribution is 0.0697. The van der Waals surface area contributed by atoms with Gasteiger partial charge in [-0.15, -0.1) is 23.2 Å². The molecule has 0 atom stereocenters. The minimum Gasteiger partial charge on any atom is -0.478 e. The topological polar surface area (TPSA) is 37.3 Å². The summed E-state index contributed by atoms with van der Waals surface area (Å²) in [7, 11) is 0. The van der Waals surface area contributed by atoms with E-state index in [9.17, 15) is 4.79 Å². The monoisotopic (exact) mass is 232 g/mol. The SMILES string of the molecule is O=C(O)c1ccc(CCCl)c(CCl)c1. The van der Waals surface area contributed by atoms with Gasteiger partial charge in [0, 0.05) is 11.8 Å². The number of aryl methyl sites for hydroxylation is 1. The summed E-state index contributed by atoms with van der Waals surface area (Å²) in [5.74, 6) is -0.113. The molecule has 0 heterocycles. The van der Waals surface area contributed by atoms with Crippen LogP contribution in [0.3, 0.4) is 0 Å². The predicted octanol–water partition coefficient (Wildman–Crippen LogP) is 2.90. The zero-order valence-electron chi connectivity index (χ0n) is 7.46. The third-order valence-electron chi connectivity index (χ3n) is 1.96. The third kappa shape index (κ3) is 2.63. The normalized spacial score (nSPS) is 10.1. The minimum absolute atomic E-state index is 0.263. The molecule has 0 aromatic heterocycles. The molecule has 76 valence electrons. The van der Waals surface area contributed by atoms with Gasteiger partial charge in [-0.25, -0.2) is 4.79 Å². The molecule has 0 saturated carbocycles. The Kier molecular flexibility index (Phi) is 4.23. The highest BCUT2D eigenvalue weighted by molar-refractivity contribution is 6.18. The molecule has 0 amide bonds. The van der Waals surface area contributed by atoms with Crippen LogP contribution in [0.2, 0.25) is 0 Å². The maximum absolute atomic E-state index is 10.7. The van der Waals surface area contributed by atoms with Crippen LogP contribution in [0.4, 0.5) is 0 Å². The van der Waals surface area contributed by atoms with Crippen LogP contribution < -0.4 is 0 Å². The van der Waals surface area contributed by atoms with Gasteiger partial charge < -0.3 is 5.11 Å². The Hall–Kier alpha value is -0.730. The van der Waals surface area contributed by atoms with E-state index in [0.29, 0.717) is 18.2 Å². The van der Waals surface area contributed by atoms with Gasteiger partial charge in [-0.2, -0.15) is 0 Å². The van der Waals surface area contributed by atoms with Crippen LogP contribution in [-0.2, 0) is 12.3 Å². The third-order valence-corrected chi connectivity index (χ3v) is 2.44. The highest BCUT2D eigenvalue weighted by Gasteiger charge is 2.07. The van der Waals surface area contributed by atoms with Crippen molar-refractivity contribution in [2.24, 2.45) is 0 Å². The van der Waals surface area contributed by atoms with Crippen LogP contribution in [0, 0.1) is 0 Å². The number of carboxylic acids is 1. The highest BCUT2D eigenvalue weighted by Crippen LogP contribution is 2.15. The van der Waals surface area contributed by atoms with Crippen molar-refractivity contribution < 1.29 is 9.90 Å². The molecule has 0 aliphatic heterocycles. The second kappa shape index (κ2) is 5.23. The Morgan fingerprint density at radius 1 is 1.29 bits per heavy atom. The number of hydrogen-bond acceptors (Lipinski definition) is 1. The first-order chi connectivity index (χ1) is 6.69. The molecule has 1 aromatic carbocycles. The lowest BCUT2D eigenvalue weighted by Crippen LogP contribution is -2.00. The Bertz CT molecular complexity index is 337. The van der Waals surface area contributed by atoms with Gasteiger partial charge in [0.2, 0.25) is 0 Å². The van der Waals surface area contributed by atoms with Crippen molar-refractivity contribution in [1.82, 2.24) is 0 Å². The van der Waals surface area contributed by atoms with Crippen LogP contribution in [0.1, 0.15) is 21.5 Å². The summed E-state index contributed by atoms with van der Waals surface area (Å²) in [5.41, 5.74) is 2.12. The molecule has 14 heavy (non-hydrogen) atoms. The molecule has 0 unspecified atom stereocenters. The Morgan fingerprint density at radius 2 is 2.00 bits per heavy atom. The van der Waals surface area contributed by atoms with Gasteiger partial charge in [0.1, 0.15) is 0 Å². The van der Waals surface area contributed by atoms with Crippen LogP contribution in [0.15, 0.2) is 18.2 Å². The maximum atomic E-state index is 10.7. The van der Waals surface area contributed by atoms with Crippen LogP contribution in [0.25, 0.3) is 0 Å². The minimum atomic E-state index is -0.936. The van der Waals surface area contributed by atoms with Crippen LogP contribution in [0.5, 0.6) is 0 Å². The fourth-order valence-corrected chi connectivity index (χ4v) is 1.68. The molecule has 0 fully saturated rings. The lowest BCUT2D eigenvalue weighted by Gasteiger charge is -2.06. The highest BCUT2D eigenvalue weighted by atomic mass is 35.5. The largest absolute Gasteiger partial charge is 0.478 e. The smallest absolute Gasteiger partial charge is 0.335 e. The molecule has 0 saturated heterocycles. The van der Waals surface area contributed by atoms with Gasteiger partial charge in [0.05, 0.1) is 5.56 Å². The van der Waals surface area contributed by atoms with Crippen molar-refractivity contribution in [2.75, 3.05) is 5.88 Å². The van der Waals surface area contributed by atoms with Gasteiger partial charge in [0.25, 0.3) is 0 Å². The van der Waals surface area contributed by atoms with Crippen molar-refractivity contribution in [1.29, 1.82) is 0 Å². The van der Waals surface area contributed by atoms with E-state index in [4.69, 9.17) is 28.3 Å². The standard InChI is InChI=1S/C10H10Cl2O2/c11-4-3-7-1-2-8(10(13)14)5-9(7)6-12/h1-2,5H,3-4,6H2,(H,13,14). The van der Waals surface area contributed by atoms with E-state index in [1.165, 1.54) is 0 Å². The molecule has 1 N–H and O–H groups in total.